The van der Waals surface area contributed by atoms with E-state index in [9.17, 15) is 19.7 Å². The van der Waals surface area contributed by atoms with E-state index in [1.54, 1.807) is 24.3 Å². The van der Waals surface area contributed by atoms with Crippen LogP contribution in [0.15, 0.2) is 46.9 Å². The lowest BCUT2D eigenvalue weighted by Gasteiger charge is -2.07. The van der Waals surface area contributed by atoms with Crippen LogP contribution in [-0.2, 0) is 11.3 Å². The Bertz CT molecular complexity index is 790. The molecule has 0 aliphatic heterocycles. The second-order valence-corrected chi connectivity index (χ2v) is 5.65. The normalized spacial score (nSPS) is 10.1. The Morgan fingerprint density at radius 1 is 1.17 bits per heavy atom. The second-order valence-electron chi connectivity index (χ2n) is 4.79. The van der Waals surface area contributed by atoms with Gasteiger partial charge in [0.2, 0.25) is 0 Å². The van der Waals surface area contributed by atoms with E-state index in [-0.39, 0.29) is 17.8 Å². The fourth-order valence-corrected chi connectivity index (χ4v) is 2.35. The predicted molar refractivity (Wildman–Crippen MR) is 89.7 cm³/mol. The first kappa shape index (κ1) is 17.6. The third-order valence-electron chi connectivity index (χ3n) is 3.23. The Labute approximate surface area is 145 Å². The van der Waals surface area contributed by atoms with Gasteiger partial charge in [-0.3, -0.25) is 14.9 Å². The molecule has 0 spiro atoms. The third-order valence-corrected chi connectivity index (χ3v) is 3.90. The summed E-state index contributed by atoms with van der Waals surface area (Å²) in [6.45, 7) is 0.226. The minimum absolute atomic E-state index is 0.176. The average Bonchev–Trinajstić information content (AvgIpc) is 2.59. The zero-order valence-corrected chi connectivity index (χ0v) is 14.2. The van der Waals surface area contributed by atoms with Gasteiger partial charge in [0.15, 0.2) is 0 Å². The summed E-state index contributed by atoms with van der Waals surface area (Å²) in [5.74, 6) is -0.865. The lowest BCUT2D eigenvalue weighted by molar-refractivity contribution is -0.385. The van der Waals surface area contributed by atoms with Gasteiger partial charge in [0.25, 0.3) is 11.6 Å². The molecule has 7 nitrogen and oxygen atoms in total. The third kappa shape index (κ3) is 4.17. The molecule has 1 N–H and O–H groups in total. The van der Waals surface area contributed by atoms with E-state index >= 15 is 0 Å². The van der Waals surface area contributed by atoms with Gasteiger partial charge >= 0.3 is 5.97 Å². The van der Waals surface area contributed by atoms with Crippen molar-refractivity contribution < 1.29 is 19.2 Å². The van der Waals surface area contributed by atoms with Gasteiger partial charge in [0, 0.05) is 18.2 Å². The van der Waals surface area contributed by atoms with Crippen LogP contribution in [0.1, 0.15) is 26.3 Å². The smallest absolute Gasteiger partial charge is 0.337 e. The highest BCUT2D eigenvalue weighted by Crippen LogP contribution is 2.25. The lowest BCUT2D eigenvalue weighted by Crippen LogP contribution is -2.22. The summed E-state index contributed by atoms with van der Waals surface area (Å²) in [5, 5.41) is 13.6. The molecule has 24 heavy (non-hydrogen) atoms. The topological polar surface area (TPSA) is 98.5 Å². The number of rotatable bonds is 5. The van der Waals surface area contributed by atoms with E-state index in [4.69, 9.17) is 0 Å². The number of nitrogens with zero attached hydrogens (tertiary/aromatic N) is 1. The van der Waals surface area contributed by atoms with Crippen molar-refractivity contribution in [3.63, 3.8) is 0 Å². The standard InChI is InChI=1S/C16H13BrN2O5/c1-24-16(21)11-4-2-10(3-5-11)9-18-15(20)12-6-7-13(17)14(8-12)19(22)23/h2-8H,9H2,1H3,(H,18,20). The molecule has 2 rings (SSSR count). The highest BCUT2D eigenvalue weighted by Gasteiger charge is 2.15. The lowest BCUT2D eigenvalue weighted by atomic mass is 10.1. The molecule has 0 saturated carbocycles. The maximum Gasteiger partial charge on any atom is 0.337 e. The molecule has 0 bridgehead atoms. The number of nitro groups is 1. The zero-order chi connectivity index (χ0) is 17.7. The van der Waals surface area contributed by atoms with Gasteiger partial charge in [-0.15, -0.1) is 0 Å². The van der Waals surface area contributed by atoms with E-state index in [2.05, 4.69) is 26.0 Å². The van der Waals surface area contributed by atoms with Crippen LogP contribution in [0.25, 0.3) is 0 Å². The number of carbonyl (C=O) groups is 2. The number of benzene rings is 2. The van der Waals surface area contributed by atoms with Crippen LogP contribution in [0.3, 0.4) is 0 Å². The first-order valence-corrected chi connectivity index (χ1v) is 7.61. The van der Waals surface area contributed by atoms with Crippen LogP contribution < -0.4 is 5.32 Å². The first-order chi connectivity index (χ1) is 11.4. The summed E-state index contributed by atoms with van der Waals surface area (Å²) in [5.41, 5.74) is 1.21. The number of nitro benzene ring substituents is 1. The summed E-state index contributed by atoms with van der Waals surface area (Å²) >= 11 is 3.07. The Hall–Kier alpha value is -2.74. The van der Waals surface area contributed by atoms with E-state index in [0.29, 0.717) is 10.0 Å². The van der Waals surface area contributed by atoms with E-state index < -0.39 is 16.8 Å². The molecular formula is C16H13BrN2O5. The fraction of sp³-hybridized carbons (Fsp3) is 0.125. The van der Waals surface area contributed by atoms with Gasteiger partial charge in [-0.05, 0) is 45.8 Å². The van der Waals surface area contributed by atoms with Crippen molar-refractivity contribution in [2.45, 2.75) is 6.54 Å². The Morgan fingerprint density at radius 2 is 1.79 bits per heavy atom. The van der Waals surface area contributed by atoms with Crippen molar-refractivity contribution in [3.8, 4) is 0 Å². The molecule has 2 aromatic rings. The summed E-state index contributed by atoms with van der Waals surface area (Å²) < 4.78 is 4.91. The highest BCUT2D eigenvalue weighted by molar-refractivity contribution is 9.10. The maximum atomic E-state index is 12.1. The molecule has 0 radical (unpaired) electrons. The monoisotopic (exact) mass is 392 g/mol. The van der Waals surface area contributed by atoms with Crippen LogP contribution in [0, 0.1) is 10.1 Å². The quantitative estimate of drug-likeness (QED) is 0.478. The molecule has 0 heterocycles. The van der Waals surface area contributed by atoms with Gasteiger partial charge in [0.05, 0.1) is 22.1 Å². The van der Waals surface area contributed by atoms with Crippen LogP contribution >= 0.6 is 15.9 Å². The first-order valence-electron chi connectivity index (χ1n) is 6.81. The molecule has 0 aliphatic rings. The minimum atomic E-state index is -0.563. The van der Waals surface area contributed by atoms with E-state index in [1.807, 2.05) is 0 Å². The summed E-state index contributed by atoms with van der Waals surface area (Å²) in [4.78, 5) is 33.8. The van der Waals surface area contributed by atoms with Gasteiger partial charge < -0.3 is 10.1 Å². The number of carbonyl (C=O) groups excluding carboxylic acids is 2. The van der Waals surface area contributed by atoms with Crippen LogP contribution in [0.5, 0.6) is 0 Å². The molecule has 0 aromatic heterocycles. The fourth-order valence-electron chi connectivity index (χ4n) is 1.95. The zero-order valence-electron chi connectivity index (χ0n) is 12.6. The number of ether oxygens (including phenoxy) is 1. The number of esters is 1. The number of nitrogens with one attached hydrogen (secondary N) is 1. The largest absolute Gasteiger partial charge is 0.465 e. The number of halogens is 1. The van der Waals surface area contributed by atoms with E-state index in [0.717, 1.165) is 5.56 Å². The number of hydrogen-bond donors (Lipinski definition) is 1. The Balaban J connectivity index is 2.04. The van der Waals surface area contributed by atoms with Crippen molar-refractivity contribution in [3.05, 3.63) is 73.7 Å². The average molecular weight is 393 g/mol. The molecule has 0 atom stereocenters. The molecule has 0 aliphatic carbocycles. The molecule has 0 fully saturated rings. The second kappa shape index (κ2) is 7.69. The number of methoxy groups -OCH3 is 1. The molecule has 1 amide bonds. The summed E-state index contributed by atoms with van der Waals surface area (Å²) in [7, 11) is 1.30. The van der Waals surface area contributed by atoms with Crippen LogP contribution in [-0.4, -0.2) is 23.9 Å². The van der Waals surface area contributed by atoms with Gasteiger partial charge in [-0.25, -0.2) is 4.79 Å². The van der Waals surface area contributed by atoms with Crippen molar-refractivity contribution >= 4 is 33.5 Å². The van der Waals surface area contributed by atoms with Crippen molar-refractivity contribution in [2.75, 3.05) is 7.11 Å². The predicted octanol–water partition coefficient (Wildman–Crippen LogP) is 3.07. The Morgan fingerprint density at radius 3 is 2.38 bits per heavy atom. The summed E-state index contributed by atoms with van der Waals surface area (Å²) in [6.07, 6.45) is 0. The number of amides is 1. The highest BCUT2D eigenvalue weighted by atomic mass is 79.9. The van der Waals surface area contributed by atoms with Crippen molar-refractivity contribution in [1.82, 2.24) is 5.32 Å². The van der Waals surface area contributed by atoms with Crippen LogP contribution in [0.2, 0.25) is 0 Å². The molecule has 2 aromatic carbocycles. The minimum Gasteiger partial charge on any atom is -0.465 e. The van der Waals surface area contributed by atoms with E-state index in [1.165, 1.54) is 25.3 Å². The van der Waals surface area contributed by atoms with Crippen molar-refractivity contribution in [1.29, 1.82) is 0 Å². The van der Waals surface area contributed by atoms with Crippen molar-refractivity contribution in [2.24, 2.45) is 0 Å². The van der Waals surface area contributed by atoms with Gasteiger partial charge in [0.1, 0.15) is 0 Å². The number of hydrogen-bond acceptors (Lipinski definition) is 5. The molecule has 124 valence electrons. The van der Waals surface area contributed by atoms with Gasteiger partial charge in [-0.2, -0.15) is 0 Å². The molecular weight excluding hydrogens is 380 g/mol. The van der Waals surface area contributed by atoms with Crippen LogP contribution in [0.4, 0.5) is 5.69 Å². The molecule has 0 saturated heterocycles. The molecule has 8 heteroatoms. The SMILES string of the molecule is COC(=O)c1ccc(CNC(=O)c2ccc(Br)c([N+](=O)[O-])c2)cc1. The Kier molecular flexibility index (Phi) is 5.64. The van der Waals surface area contributed by atoms with Gasteiger partial charge in [-0.1, -0.05) is 12.1 Å². The maximum absolute atomic E-state index is 12.1. The molecule has 0 unspecified atom stereocenters. The summed E-state index contributed by atoms with van der Waals surface area (Å²) in [6, 6.07) is 10.7.